The Hall–Kier alpha value is -0.400. The lowest BCUT2D eigenvalue weighted by molar-refractivity contribution is -0.138. The van der Waals surface area contributed by atoms with E-state index in [0.29, 0.717) is 5.75 Å². The van der Waals surface area contributed by atoms with E-state index < -0.39 is 17.9 Å². The van der Waals surface area contributed by atoms with Crippen molar-refractivity contribution < 1.29 is 14.7 Å². The van der Waals surface area contributed by atoms with Gasteiger partial charge < -0.3 is 16.2 Å². The first-order valence-corrected chi connectivity index (χ1v) is 6.56. The minimum atomic E-state index is -1.07. The predicted molar refractivity (Wildman–Crippen MR) is 59.2 cm³/mol. The lowest BCUT2D eigenvalue weighted by Crippen LogP contribution is -2.43. The van der Waals surface area contributed by atoms with Crippen molar-refractivity contribution in [2.45, 2.75) is 13.0 Å². The molecule has 0 fully saturated rings. The van der Waals surface area contributed by atoms with Crippen LogP contribution in [0.4, 0.5) is 0 Å². The van der Waals surface area contributed by atoms with Crippen LogP contribution in [0.5, 0.6) is 0 Å². The van der Waals surface area contributed by atoms with E-state index in [9.17, 15) is 9.59 Å². The molecule has 0 aliphatic carbocycles. The van der Waals surface area contributed by atoms with Crippen molar-refractivity contribution in [2.75, 3.05) is 18.1 Å². The van der Waals surface area contributed by atoms with E-state index in [1.54, 1.807) is 10.8 Å². The minimum Gasteiger partial charge on any atom is -0.480 e. The molecule has 1 atom stereocenters. The predicted octanol–water partition coefficient (Wildman–Crippen LogP) is -0.0842. The molecule has 0 saturated carbocycles. The first-order chi connectivity index (χ1) is 6.57. The third-order valence-corrected chi connectivity index (χ3v) is 3.71. The van der Waals surface area contributed by atoms with Crippen molar-refractivity contribution >= 4 is 33.5 Å². The highest BCUT2D eigenvalue weighted by Crippen LogP contribution is 2.20. The van der Waals surface area contributed by atoms with Crippen LogP contribution in [0.15, 0.2) is 0 Å². The zero-order valence-electron chi connectivity index (χ0n) is 7.86. The lowest BCUT2D eigenvalue weighted by Gasteiger charge is -2.09. The van der Waals surface area contributed by atoms with Gasteiger partial charge in [0.2, 0.25) is 5.91 Å². The Labute approximate surface area is 90.6 Å². The number of rotatable bonds is 7. The molecule has 82 valence electrons. The fraction of sp³-hybridized carbons (Fsp3) is 0.714. The summed E-state index contributed by atoms with van der Waals surface area (Å²) in [6.45, 7) is 1.63. The number of hydrogen-bond donors (Lipinski definition) is 3. The number of carboxylic acids is 1. The molecule has 14 heavy (non-hydrogen) atoms. The SMILES string of the molecule is CCSSC[C@H](N)C(=O)NCC(=O)O. The highest BCUT2D eigenvalue weighted by molar-refractivity contribution is 8.76. The maximum atomic E-state index is 11.1. The van der Waals surface area contributed by atoms with Crippen LogP contribution >= 0.6 is 21.6 Å². The first-order valence-electron chi connectivity index (χ1n) is 4.07. The Morgan fingerprint density at radius 2 is 2.14 bits per heavy atom. The summed E-state index contributed by atoms with van der Waals surface area (Å²) in [5.74, 6) is -0.0457. The van der Waals surface area contributed by atoms with Gasteiger partial charge in [0.25, 0.3) is 0 Å². The Bertz CT molecular complexity index is 201. The van der Waals surface area contributed by atoms with E-state index in [2.05, 4.69) is 5.32 Å². The molecule has 7 heteroatoms. The fourth-order valence-electron chi connectivity index (χ4n) is 0.574. The van der Waals surface area contributed by atoms with Crippen LogP contribution in [0.3, 0.4) is 0 Å². The van der Waals surface area contributed by atoms with Gasteiger partial charge in [-0.3, -0.25) is 9.59 Å². The molecule has 0 heterocycles. The number of carbonyl (C=O) groups is 2. The monoisotopic (exact) mass is 238 g/mol. The summed E-state index contributed by atoms with van der Waals surface area (Å²) >= 11 is 0. The molecule has 0 spiro atoms. The van der Waals surface area contributed by atoms with E-state index in [1.165, 1.54) is 10.8 Å². The quantitative estimate of drug-likeness (QED) is 0.424. The number of aliphatic carboxylic acids is 1. The summed E-state index contributed by atoms with van der Waals surface area (Å²) in [6.07, 6.45) is 0. The summed E-state index contributed by atoms with van der Waals surface area (Å²) in [5.41, 5.74) is 5.51. The van der Waals surface area contributed by atoms with Crippen LogP contribution in [0.2, 0.25) is 0 Å². The Balaban J connectivity index is 3.59. The standard InChI is InChI=1S/C7H14N2O3S2/c1-2-13-14-4-5(8)7(12)9-3-6(10)11/h5H,2-4,8H2,1H3,(H,9,12)(H,10,11)/t5-/m0/s1. The smallest absolute Gasteiger partial charge is 0.322 e. The van der Waals surface area contributed by atoms with Crippen molar-refractivity contribution in [3.63, 3.8) is 0 Å². The lowest BCUT2D eigenvalue weighted by atomic mass is 10.3. The van der Waals surface area contributed by atoms with Crippen LogP contribution in [0, 0.1) is 0 Å². The summed E-state index contributed by atoms with van der Waals surface area (Å²) < 4.78 is 0. The number of nitrogens with two attached hydrogens (primary N) is 1. The third-order valence-electron chi connectivity index (χ3n) is 1.20. The number of carboxylic acid groups (broad SMARTS) is 1. The molecule has 0 unspecified atom stereocenters. The molecule has 0 radical (unpaired) electrons. The van der Waals surface area contributed by atoms with E-state index >= 15 is 0 Å². The van der Waals surface area contributed by atoms with Gasteiger partial charge in [0, 0.05) is 11.5 Å². The van der Waals surface area contributed by atoms with Gasteiger partial charge in [-0.2, -0.15) is 0 Å². The van der Waals surface area contributed by atoms with E-state index in [-0.39, 0.29) is 6.54 Å². The highest BCUT2D eigenvalue weighted by atomic mass is 33.1. The van der Waals surface area contributed by atoms with Crippen molar-refractivity contribution in [1.82, 2.24) is 5.32 Å². The summed E-state index contributed by atoms with van der Waals surface area (Å²) in [5, 5.41) is 10.5. The maximum absolute atomic E-state index is 11.1. The van der Waals surface area contributed by atoms with Crippen molar-refractivity contribution in [3.05, 3.63) is 0 Å². The van der Waals surface area contributed by atoms with Gasteiger partial charge in [0.1, 0.15) is 6.54 Å². The second kappa shape index (κ2) is 7.95. The third kappa shape index (κ3) is 7.05. The van der Waals surface area contributed by atoms with Gasteiger partial charge >= 0.3 is 5.97 Å². The molecule has 0 aliphatic rings. The zero-order valence-corrected chi connectivity index (χ0v) is 9.49. The zero-order chi connectivity index (χ0) is 11.0. The Morgan fingerprint density at radius 3 is 2.64 bits per heavy atom. The normalized spacial score (nSPS) is 12.1. The van der Waals surface area contributed by atoms with Gasteiger partial charge in [-0.15, -0.1) is 0 Å². The number of hydrogen-bond acceptors (Lipinski definition) is 5. The molecular formula is C7H14N2O3S2. The van der Waals surface area contributed by atoms with Crippen molar-refractivity contribution in [2.24, 2.45) is 5.73 Å². The second-order valence-corrected chi connectivity index (χ2v) is 5.21. The van der Waals surface area contributed by atoms with Gasteiger partial charge in [-0.25, -0.2) is 0 Å². The Kier molecular flexibility index (Phi) is 7.73. The summed E-state index contributed by atoms with van der Waals surface area (Å²) in [4.78, 5) is 21.2. The Morgan fingerprint density at radius 1 is 1.50 bits per heavy atom. The van der Waals surface area contributed by atoms with Gasteiger partial charge in [0.05, 0.1) is 6.04 Å². The molecule has 1 amide bonds. The van der Waals surface area contributed by atoms with Gasteiger partial charge in [-0.1, -0.05) is 28.5 Å². The number of amides is 1. The highest BCUT2D eigenvalue weighted by Gasteiger charge is 2.13. The molecule has 0 aliphatic heterocycles. The van der Waals surface area contributed by atoms with E-state index in [0.717, 1.165) is 5.75 Å². The van der Waals surface area contributed by atoms with Crippen LogP contribution < -0.4 is 11.1 Å². The molecule has 0 aromatic rings. The molecule has 0 saturated heterocycles. The van der Waals surface area contributed by atoms with Crippen LogP contribution in [0.1, 0.15) is 6.92 Å². The summed E-state index contributed by atoms with van der Waals surface area (Å²) in [6, 6.07) is -0.640. The first kappa shape index (κ1) is 13.6. The van der Waals surface area contributed by atoms with Gasteiger partial charge in [0.15, 0.2) is 0 Å². The molecule has 0 rings (SSSR count). The molecule has 0 bridgehead atoms. The average Bonchev–Trinajstić information content (AvgIpc) is 2.14. The molecule has 0 aromatic heterocycles. The van der Waals surface area contributed by atoms with Gasteiger partial charge in [-0.05, 0) is 0 Å². The minimum absolute atomic E-state index is 0.377. The van der Waals surface area contributed by atoms with Crippen LogP contribution in [-0.2, 0) is 9.59 Å². The summed E-state index contributed by atoms with van der Waals surface area (Å²) in [7, 11) is 3.13. The number of nitrogens with one attached hydrogen (secondary N) is 1. The largest absolute Gasteiger partial charge is 0.480 e. The fourth-order valence-corrected chi connectivity index (χ4v) is 2.36. The van der Waals surface area contributed by atoms with Crippen LogP contribution in [-0.4, -0.2) is 41.1 Å². The molecule has 5 nitrogen and oxygen atoms in total. The van der Waals surface area contributed by atoms with Crippen LogP contribution in [0.25, 0.3) is 0 Å². The molecule has 0 aromatic carbocycles. The maximum Gasteiger partial charge on any atom is 0.322 e. The topological polar surface area (TPSA) is 92.4 Å². The molecular weight excluding hydrogens is 224 g/mol. The second-order valence-electron chi connectivity index (χ2n) is 2.41. The van der Waals surface area contributed by atoms with Crippen molar-refractivity contribution in [3.8, 4) is 0 Å². The van der Waals surface area contributed by atoms with E-state index in [1.807, 2.05) is 6.92 Å². The number of carbonyl (C=O) groups excluding carboxylic acids is 1. The average molecular weight is 238 g/mol. The molecule has 4 N–H and O–H groups in total. The van der Waals surface area contributed by atoms with Crippen molar-refractivity contribution in [1.29, 1.82) is 0 Å². The van der Waals surface area contributed by atoms with E-state index in [4.69, 9.17) is 10.8 Å².